The molecule has 0 bridgehead atoms. The van der Waals surface area contributed by atoms with Crippen LogP contribution in [0.4, 0.5) is 0 Å². The van der Waals surface area contributed by atoms with Crippen molar-refractivity contribution in [2.75, 3.05) is 6.54 Å². The van der Waals surface area contributed by atoms with Gasteiger partial charge in [-0.15, -0.1) is 12.6 Å². The van der Waals surface area contributed by atoms with Crippen molar-refractivity contribution in [2.45, 2.75) is 52.0 Å². The molecule has 0 aromatic heterocycles. The van der Waals surface area contributed by atoms with Crippen LogP contribution in [-0.2, 0) is 24.9 Å². The first kappa shape index (κ1) is 21.1. The van der Waals surface area contributed by atoms with Crippen molar-refractivity contribution >= 4 is 5.78 Å². The van der Waals surface area contributed by atoms with E-state index in [1.807, 2.05) is 12.1 Å². The first-order valence-corrected chi connectivity index (χ1v) is 8.57. The molecular formula is C20H27IrNO2-2. The summed E-state index contributed by atoms with van der Waals surface area (Å²) in [6, 6.07) is 12.1. The minimum atomic E-state index is -0.125. The Morgan fingerprint density at radius 3 is 2.50 bits per heavy atom. The normalized spacial score (nSPS) is 26.2. The Morgan fingerprint density at radius 2 is 1.96 bits per heavy atom. The standard InChI is InChI=1S/C15H19N.C5H8O2.Ir/c1-2-6-12(7-3-1)15-10-13-8-4-5-9-14(13)11-16-15;1-4(6)3-5(2)7;/h1-3,6,13-15H,4-5,8-11H2;3,6H,1-2H3;/q-2;;/b;4-3-;. The number of piperidine rings is 1. The number of rotatable bonds is 2. The summed E-state index contributed by atoms with van der Waals surface area (Å²) in [5.74, 6) is 1.77. The number of aliphatic hydroxyl groups excluding tert-OH is 1. The van der Waals surface area contributed by atoms with Crippen LogP contribution in [0.25, 0.3) is 5.32 Å². The summed E-state index contributed by atoms with van der Waals surface area (Å²) in [5, 5.41) is 13.2. The van der Waals surface area contributed by atoms with Crippen molar-refractivity contribution in [1.82, 2.24) is 0 Å². The molecule has 4 heteroatoms. The van der Waals surface area contributed by atoms with Gasteiger partial charge in [-0.3, -0.25) is 4.79 Å². The van der Waals surface area contributed by atoms with Crippen LogP contribution in [0.2, 0.25) is 0 Å². The number of allylic oxidation sites excluding steroid dienone is 2. The molecule has 3 rings (SSSR count). The van der Waals surface area contributed by atoms with Crippen molar-refractivity contribution in [2.24, 2.45) is 11.8 Å². The summed E-state index contributed by atoms with van der Waals surface area (Å²) in [4.78, 5) is 10.0. The molecule has 1 N–H and O–H groups in total. The Morgan fingerprint density at radius 1 is 1.25 bits per heavy atom. The van der Waals surface area contributed by atoms with Gasteiger partial charge in [-0.1, -0.05) is 38.0 Å². The predicted octanol–water partition coefficient (Wildman–Crippen LogP) is 5.15. The van der Waals surface area contributed by atoms with Crippen LogP contribution in [0.5, 0.6) is 0 Å². The van der Waals surface area contributed by atoms with Gasteiger partial charge in [-0.2, -0.15) is 35.9 Å². The van der Waals surface area contributed by atoms with Crippen LogP contribution in [0.3, 0.4) is 0 Å². The Bertz CT molecular complexity index is 526. The second kappa shape index (κ2) is 10.8. The van der Waals surface area contributed by atoms with Crippen molar-refractivity contribution in [3.05, 3.63) is 53.0 Å². The number of nitrogens with zero attached hydrogens (tertiary/aromatic N) is 1. The third-order valence-electron chi connectivity index (χ3n) is 4.66. The zero-order valence-corrected chi connectivity index (χ0v) is 16.9. The van der Waals surface area contributed by atoms with E-state index in [1.165, 1.54) is 57.6 Å². The summed E-state index contributed by atoms with van der Waals surface area (Å²) in [7, 11) is 0. The number of carbonyl (C=O) groups excluding carboxylic acids is 1. The molecule has 1 aliphatic heterocycles. The van der Waals surface area contributed by atoms with Crippen LogP contribution in [0.15, 0.2) is 36.1 Å². The number of hydrogen-bond donors (Lipinski definition) is 1. The van der Waals surface area contributed by atoms with Gasteiger partial charge in [0.05, 0.1) is 5.76 Å². The van der Waals surface area contributed by atoms with Crippen molar-refractivity contribution < 1.29 is 30.0 Å². The van der Waals surface area contributed by atoms with Gasteiger partial charge >= 0.3 is 0 Å². The number of ketones is 1. The summed E-state index contributed by atoms with van der Waals surface area (Å²) in [6.07, 6.45) is 8.15. The van der Waals surface area contributed by atoms with Gasteiger partial charge in [0, 0.05) is 26.2 Å². The summed E-state index contributed by atoms with van der Waals surface area (Å²) in [5.41, 5.74) is 1.30. The van der Waals surface area contributed by atoms with Gasteiger partial charge in [-0.05, 0) is 19.8 Å². The molecule has 1 aromatic carbocycles. The maximum atomic E-state index is 10.0. The Kier molecular flexibility index (Phi) is 9.50. The minimum absolute atomic E-state index is 0. The first-order valence-electron chi connectivity index (χ1n) is 8.57. The molecule has 135 valence electrons. The molecule has 1 aromatic rings. The van der Waals surface area contributed by atoms with Crippen molar-refractivity contribution in [3.8, 4) is 0 Å². The third-order valence-corrected chi connectivity index (χ3v) is 4.66. The molecule has 2 aliphatic rings. The average molecular weight is 506 g/mol. The van der Waals surface area contributed by atoms with E-state index >= 15 is 0 Å². The van der Waals surface area contributed by atoms with Crippen LogP contribution >= 0.6 is 0 Å². The molecular weight excluding hydrogens is 478 g/mol. The number of carbonyl (C=O) groups is 1. The summed E-state index contributed by atoms with van der Waals surface area (Å²) < 4.78 is 0. The molecule has 3 nitrogen and oxygen atoms in total. The number of aliphatic hydroxyl groups is 1. The van der Waals surface area contributed by atoms with Gasteiger partial charge in [0.2, 0.25) is 0 Å². The number of hydrogen-bond acceptors (Lipinski definition) is 2. The zero-order valence-electron chi connectivity index (χ0n) is 14.5. The predicted molar refractivity (Wildman–Crippen MR) is 93.4 cm³/mol. The van der Waals surface area contributed by atoms with E-state index < -0.39 is 0 Å². The van der Waals surface area contributed by atoms with Gasteiger partial charge in [0.1, 0.15) is 0 Å². The van der Waals surface area contributed by atoms with Crippen molar-refractivity contribution in [1.29, 1.82) is 0 Å². The van der Waals surface area contributed by atoms with E-state index in [2.05, 4.69) is 18.2 Å². The van der Waals surface area contributed by atoms with Crippen LogP contribution in [0, 0.1) is 17.9 Å². The SMILES string of the molecule is CC(=O)/C=C(/C)O.[Ir].[c-]1ccccc1C1CC2CCCCC2C[N-]1. The van der Waals surface area contributed by atoms with Gasteiger partial charge in [0.25, 0.3) is 0 Å². The van der Waals surface area contributed by atoms with E-state index in [0.717, 1.165) is 18.4 Å². The molecule has 24 heavy (non-hydrogen) atoms. The Labute approximate surface area is 159 Å². The van der Waals surface area contributed by atoms with Gasteiger partial charge < -0.3 is 10.4 Å². The third kappa shape index (κ3) is 6.88. The van der Waals surface area contributed by atoms with E-state index in [4.69, 9.17) is 10.4 Å². The van der Waals surface area contributed by atoms with Gasteiger partial charge in [0.15, 0.2) is 5.78 Å². The van der Waals surface area contributed by atoms with Gasteiger partial charge in [-0.25, -0.2) is 0 Å². The second-order valence-corrected chi connectivity index (χ2v) is 6.64. The molecule has 3 unspecified atom stereocenters. The smallest absolute Gasteiger partial charge is 0.155 e. The average Bonchev–Trinajstić information content (AvgIpc) is 2.54. The zero-order chi connectivity index (χ0) is 16.7. The van der Waals surface area contributed by atoms with Crippen LogP contribution in [0.1, 0.15) is 57.6 Å². The van der Waals surface area contributed by atoms with Crippen LogP contribution < -0.4 is 0 Å². The topological polar surface area (TPSA) is 51.4 Å². The number of fused-ring (bicyclic) bond motifs is 1. The molecule has 1 radical (unpaired) electrons. The monoisotopic (exact) mass is 506 g/mol. The van der Waals surface area contributed by atoms with E-state index in [1.54, 1.807) is 0 Å². The Hall–Kier alpha value is -0.961. The molecule has 1 aliphatic carbocycles. The van der Waals surface area contributed by atoms with Crippen molar-refractivity contribution in [3.63, 3.8) is 0 Å². The quantitative estimate of drug-likeness (QED) is 0.344. The second-order valence-electron chi connectivity index (χ2n) is 6.64. The minimum Gasteiger partial charge on any atom is -0.657 e. The largest absolute Gasteiger partial charge is 0.657 e. The summed E-state index contributed by atoms with van der Waals surface area (Å²) in [6.45, 7) is 3.94. The molecule has 3 atom stereocenters. The fraction of sp³-hybridized carbons (Fsp3) is 0.550. The molecule has 0 spiro atoms. The molecule has 1 heterocycles. The van der Waals surface area contributed by atoms with E-state index in [-0.39, 0.29) is 31.6 Å². The van der Waals surface area contributed by atoms with E-state index in [9.17, 15) is 4.79 Å². The number of benzene rings is 1. The van der Waals surface area contributed by atoms with E-state index in [0.29, 0.717) is 6.04 Å². The fourth-order valence-electron chi connectivity index (χ4n) is 3.59. The molecule has 0 amide bonds. The van der Waals surface area contributed by atoms with Crippen LogP contribution in [-0.4, -0.2) is 17.4 Å². The summed E-state index contributed by atoms with van der Waals surface area (Å²) >= 11 is 0. The fourth-order valence-corrected chi connectivity index (χ4v) is 3.59. The molecule has 1 saturated carbocycles. The maximum absolute atomic E-state index is 10.0. The first-order chi connectivity index (χ1) is 11.1. The Balaban J connectivity index is 0.000000312. The molecule has 1 saturated heterocycles. The maximum Gasteiger partial charge on any atom is 0.155 e. The molecule has 2 fully saturated rings.